The highest BCUT2D eigenvalue weighted by atomic mass is 16.5. The van der Waals surface area contributed by atoms with E-state index in [0.29, 0.717) is 36.4 Å². The molecule has 0 aromatic heterocycles. The predicted molar refractivity (Wildman–Crippen MR) is 123 cm³/mol. The lowest BCUT2D eigenvalue weighted by Crippen LogP contribution is -2.21. The maximum atomic E-state index is 12.6. The minimum absolute atomic E-state index is 0.100. The number of carbonyl (C=O) groups is 2. The van der Waals surface area contributed by atoms with Gasteiger partial charge in [-0.05, 0) is 47.9 Å². The Morgan fingerprint density at radius 1 is 0.839 bits per heavy atom. The van der Waals surface area contributed by atoms with E-state index < -0.39 is 0 Å². The molecule has 0 fully saturated rings. The average Bonchev–Trinajstić information content (AvgIpc) is 2.79. The summed E-state index contributed by atoms with van der Waals surface area (Å²) in [4.78, 5) is 25.9. The summed E-state index contributed by atoms with van der Waals surface area (Å²) < 4.78 is 5.82. The van der Waals surface area contributed by atoms with Crippen LogP contribution in [-0.2, 0) is 17.6 Å². The van der Waals surface area contributed by atoms with E-state index in [0.717, 1.165) is 12.0 Å². The minimum atomic E-state index is -0.191. The third-order valence-corrected chi connectivity index (χ3v) is 4.94. The Bertz CT molecular complexity index is 999. The van der Waals surface area contributed by atoms with Crippen LogP contribution in [0.3, 0.4) is 0 Å². The van der Waals surface area contributed by atoms with Crippen molar-refractivity contribution in [2.75, 3.05) is 26.0 Å². The third kappa shape index (κ3) is 7.00. The van der Waals surface area contributed by atoms with Crippen molar-refractivity contribution < 1.29 is 14.3 Å². The summed E-state index contributed by atoms with van der Waals surface area (Å²) >= 11 is 0. The zero-order chi connectivity index (χ0) is 22.1. The molecule has 160 valence electrons. The monoisotopic (exact) mass is 416 g/mol. The van der Waals surface area contributed by atoms with Gasteiger partial charge in [-0.1, -0.05) is 48.5 Å². The van der Waals surface area contributed by atoms with E-state index in [1.54, 1.807) is 31.1 Å². The van der Waals surface area contributed by atoms with Crippen molar-refractivity contribution in [3.8, 4) is 5.75 Å². The Hall–Kier alpha value is -3.60. The second kappa shape index (κ2) is 11.0. The minimum Gasteiger partial charge on any atom is -0.493 e. The molecule has 31 heavy (non-hydrogen) atoms. The highest BCUT2D eigenvalue weighted by Crippen LogP contribution is 2.17. The van der Waals surface area contributed by atoms with Crippen LogP contribution in [0.1, 0.15) is 27.9 Å². The molecule has 5 heteroatoms. The van der Waals surface area contributed by atoms with Gasteiger partial charge in [-0.25, -0.2) is 0 Å². The lowest BCUT2D eigenvalue weighted by molar-refractivity contribution is -0.128. The molecular weight excluding hydrogens is 388 g/mol. The second-order valence-electron chi connectivity index (χ2n) is 7.55. The van der Waals surface area contributed by atoms with Gasteiger partial charge in [0.25, 0.3) is 5.91 Å². The van der Waals surface area contributed by atoms with Gasteiger partial charge in [-0.15, -0.1) is 0 Å². The van der Waals surface area contributed by atoms with Crippen LogP contribution in [0.25, 0.3) is 0 Å². The molecule has 0 saturated heterocycles. The van der Waals surface area contributed by atoms with Gasteiger partial charge in [0.15, 0.2) is 0 Å². The number of carbonyl (C=O) groups excluding carboxylic acids is 2. The van der Waals surface area contributed by atoms with Gasteiger partial charge in [0.1, 0.15) is 5.75 Å². The molecular formula is C26H28N2O3. The Balaban J connectivity index is 1.52. The van der Waals surface area contributed by atoms with Crippen LogP contribution in [0.15, 0.2) is 78.9 Å². The summed E-state index contributed by atoms with van der Waals surface area (Å²) in [5, 5.41) is 2.91. The van der Waals surface area contributed by atoms with E-state index in [1.807, 2.05) is 54.6 Å². The van der Waals surface area contributed by atoms with Crippen molar-refractivity contribution in [1.82, 2.24) is 4.90 Å². The van der Waals surface area contributed by atoms with Gasteiger partial charge in [0.05, 0.1) is 6.61 Å². The van der Waals surface area contributed by atoms with Gasteiger partial charge in [0, 0.05) is 38.2 Å². The molecule has 1 N–H and O–H groups in total. The number of hydrogen-bond acceptors (Lipinski definition) is 3. The normalized spacial score (nSPS) is 10.4. The number of rotatable bonds is 9. The molecule has 0 aliphatic heterocycles. The van der Waals surface area contributed by atoms with E-state index in [2.05, 4.69) is 17.4 Å². The van der Waals surface area contributed by atoms with Gasteiger partial charge in [0.2, 0.25) is 5.91 Å². The molecule has 0 radical (unpaired) electrons. The number of ether oxygens (including phenoxy) is 1. The summed E-state index contributed by atoms with van der Waals surface area (Å²) in [5.41, 5.74) is 3.52. The molecule has 0 unspecified atom stereocenters. The van der Waals surface area contributed by atoms with E-state index in [4.69, 9.17) is 4.74 Å². The van der Waals surface area contributed by atoms with Crippen LogP contribution < -0.4 is 10.1 Å². The van der Waals surface area contributed by atoms with E-state index in [9.17, 15) is 9.59 Å². The van der Waals surface area contributed by atoms with Crippen LogP contribution in [0.4, 0.5) is 5.69 Å². The Kier molecular flexibility index (Phi) is 7.82. The van der Waals surface area contributed by atoms with E-state index in [1.165, 1.54) is 5.56 Å². The zero-order valence-electron chi connectivity index (χ0n) is 18.0. The molecule has 5 nitrogen and oxygen atoms in total. The first-order valence-electron chi connectivity index (χ1n) is 10.4. The predicted octanol–water partition coefficient (Wildman–Crippen LogP) is 4.58. The number of anilines is 1. The van der Waals surface area contributed by atoms with Gasteiger partial charge in [-0.2, -0.15) is 0 Å². The number of amides is 2. The Morgan fingerprint density at radius 2 is 1.55 bits per heavy atom. The molecule has 3 rings (SSSR count). The van der Waals surface area contributed by atoms with Crippen LogP contribution in [0, 0.1) is 0 Å². The summed E-state index contributed by atoms with van der Waals surface area (Å²) in [6.45, 7) is 0.548. The smallest absolute Gasteiger partial charge is 0.255 e. The lowest BCUT2D eigenvalue weighted by atomic mass is 10.1. The maximum absolute atomic E-state index is 12.6. The number of nitrogens with zero attached hydrogens (tertiary/aromatic N) is 1. The van der Waals surface area contributed by atoms with Crippen molar-refractivity contribution >= 4 is 17.5 Å². The first-order valence-corrected chi connectivity index (χ1v) is 10.4. The standard InChI is InChI=1S/C26H28N2O3/c1-28(2)25(29)16-13-21-11-14-23(15-12-21)27-26(30)22-9-6-10-24(19-22)31-18-17-20-7-4-3-5-8-20/h3-12,14-15,19H,13,16-18H2,1-2H3,(H,27,30). The van der Waals surface area contributed by atoms with Crippen LogP contribution in [0.2, 0.25) is 0 Å². The number of nitrogens with one attached hydrogen (secondary N) is 1. The molecule has 0 bridgehead atoms. The third-order valence-electron chi connectivity index (χ3n) is 4.94. The van der Waals surface area contributed by atoms with Crippen LogP contribution >= 0.6 is 0 Å². The van der Waals surface area contributed by atoms with Crippen molar-refractivity contribution in [2.45, 2.75) is 19.3 Å². The molecule has 0 aliphatic carbocycles. The second-order valence-corrected chi connectivity index (χ2v) is 7.55. The number of aryl methyl sites for hydroxylation is 1. The summed E-state index contributed by atoms with van der Waals surface area (Å²) in [6, 6.07) is 24.9. The molecule has 0 aliphatic rings. The lowest BCUT2D eigenvalue weighted by Gasteiger charge is -2.11. The largest absolute Gasteiger partial charge is 0.493 e. The maximum Gasteiger partial charge on any atom is 0.255 e. The van der Waals surface area contributed by atoms with Gasteiger partial charge < -0.3 is 15.0 Å². The topological polar surface area (TPSA) is 58.6 Å². The first-order chi connectivity index (χ1) is 15.0. The van der Waals surface area contributed by atoms with Crippen LogP contribution in [0.5, 0.6) is 5.75 Å². The highest BCUT2D eigenvalue weighted by molar-refractivity contribution is 6.04. The highest BCUT2D eigenvalue weighted by Gasteiger charge is 2.09. The van der Waals surface area contributed by atoms with Crippen LogP contribution in [-0.4, -0.2) is 37.4 Å². The Morgan fingerprint density at radius 3 is 2.26 bits per heavy atom. The fourth-order valence-electron chi connectivity index (χ4n) is 3.09. The molecule has 3 aromatic rings. The molecule has 0 atom stereocenters. The first kappa shape index (κ1) is 22.1. The quantitative estimate of drug-likeness (QED) is 0.555. The molecule has 0 heterocycles. The summed E-state index contributed by atoms with van der Waals surface area (Å²) in [5.74, 6) is 0.580. The van der Waals surface area contributed by atoms with E-state index >= 15 is 0 Å². The Labute approximate surface area is 183 Å². The fraction of sp³-hybridized carbons (Fsp3) is 0.231. The van der Waals surface area contributed by atoms with Crippen molar-refractivity contribution in [2.24, 2.45) is 0 Å². The van der Waals surface area contributed by atoms with Crippen molar-refractivity contribution in [3.63, 3.8) is 0 Å². The zero-order valence-corrected chi connectivity index (χ0v) is 18.0. The van der Waals surface area contributed by atoms with Gasteiger partial charge in [-0.3, -0.25) is 9.59 Å². The van der Waals surface area contributed by atoms with Gasteiger partial charge >= 0.3 is 0 Å². The SMILES string of the molecule is CN(C)C(=O)CCc1ccc(NC(=O)c2cccc(OCCc3ccccc3)c2)cc1. The van der Waals surface area contributed by atoms with E-state index in [-0.39, 0.29) is 11.8 Å². The van der Waals surface area contributed by atoms with Crippen molar-refractivity contribution in [3.05, 3.63) is 95.6 Å². The van der Waals surface area contributed by atoms with Crippen molar-refractivity contribution in [1.29, 1.82) is 0 Å². The number of hydrogen-bond donors (Lipinski definition) is 1. The summed E-state index contributed by atoms with van der Waals surface area (Å²) in [6.07, 6.45) is 1.95. The summed E-state index contributed by atoms with van der Waals surface area (Å²) in [7, 11) is 3.51. The molecule has 3 aromatic carbocycles. The molecule has 2 amide bonds. The number of benzene rings is 3. The average molecular weight is 417 g/mol. The molecule has 0 spiro atoms. The fourth-order valence-corrected chi connectivity index (χ4v) is 3.09. The molecule has 0 saturated carbocycles.